The van der Waals surface area contributed by atoms with Crippen molar-refractivity contribution in [1.29, 1.82) is 0 Å². The normalized spacial score (nSPS) is 11.3. The van der Waals surface area contributed by atoms with Gasteiger partial charge in [-0.05, 0) is 0 Å². The van der Waals surface area contributed by atoms with Crippen LogP contribution in [0, 0.1) is 0 Å². The summed E-state index contributed by atoms with van der Waals surface area (Å²) in [6.07, 6.45) is 1.88. The molecule has 0 aliphatic rings. The van der Waals surface area contributed by atoms with Gasteiger partial charge in [0.15, 0.2) is 0 Å². The van der Waals surface area contributed by atoms with Crippen LogP contribution in [-0.2, 0) is 9.23 Å². The quantitative estimate of drug-likeness (QED) is 0.779. The molecule has 0 atom stereocenters. The zero-order valence-electron chi connectivity index (χ0n) is 8.42. The van der Waals surface area contributed by atoms with Crippen LogP contribution in [0.1, 0.15) is 11.1 Å². The van der Waals surface area contributed by atoms with E-state index in [0.29, 0.717) is 5.56 Å². The van der Waals surface area contributed by atoms with Gasteiger partial charge in [0.05, 0.1) is 0 Å². The Morgan fingerprint density at radius 2 is 1.69 bits per heavy atom. The summed E-state index contributed by atoms with van der Waals surface area (Å²) in [4.78, 5) is 17.5. The van der Waals surface area contributed by atoms with Gasteiger partial charge in [-0.2, -0.15) is 0 Å². The van der Waals surface area contributed by atoms with Crippen LogP contribution >= 0.6 is 0 Å². The molecule has 0 aliphatic heterocycles. The van der Waals surface area contributed by atoms with Crippen molar-refractivity contribution in [3.8, 4) is 0 Å². The Kier molecular flexibility index (Phi) is 3.54. The molecule has 0 N–H and O–H groups in total. The molecule has 13 heavy (non-hydrogen) atoms. The topological polar surface area (TPSA) is 17.1 Å². The van der Waals surface area contributed by atoms with Gasteiger partial charge in [0.25, 0.3) is 0 Å². The molecule has 0 saturated heterocycles. The molecule has 0 saturated carbocycles. The van der Waals surface area contributed by atoms with Crippen molar-refractivity contribution in [3.05, 3.63) is 35.4 Å². The summed E-state index contributed by atoms with van der Waals surface area (Å²) in [5.41, 5.74) is 2.01. The summed E-state index contributed by atoms with van der Waals surface area (Å²) in [5, 5.41) is 0. The van der Waals surface area contributed by atoms with Crippen LogP contribution in [0.5, 0.6) is 0 Å². The predicted molar refractivity (Wildman–Crippen MR) is 58.3 cm³/mol. The van der Waals surface area contributed by atoms with E-state index in [1.807, 2.05) is 30.6 Å². The van der Waals surface area contributed by atoms with E-state index in [-0.39, 0.29) is 0 Å². The average molecular weight is 282 g/mol. The van der Waals surface area contributed by atoms with Gasteiger partial charge >= 0.3 is 84.1 Å². The summed E-state index contributed by atoms with van der Waals surface area (Å²) in [6.45, 7) is 0. The summed E-state index contributed by atoms with van der Waals surface area (Å²) in [6, 6.07) is 7.78. The van der Waals surface area contributed by atoms with E-state index in [1.54, 1.807) is 0 Å². The van der Waals surface area contributed by atoms with Crippen molar-refractivity contribution in [1.82, 2.24) is 0 Å². The van der Waals surface area contributed by atoms with E-state index in [2.05, 4.69) is 14.8 Å². The third-order valence-corrected chi connectivity index (χ3v) is 6.00. The van der Waals surface area contributed by atoms with E-state index < -0.39 is 18.4 Å². The first-order chi connectivity index (χ1) is 6.01. The Bertz CT molecular complexity index is 282. The van der Waals surface area contributed by atoms with Gasteiger partial charge in [-0.1, -0.05) is 0 Å². The Morgan fingerprint density at radius 3 is 2.08 bits per heavy atom. The summed E-state index contributed by atoms with van der Waals surface area (Å²) in [5.74, 6) is 0. The second-order valence-corrected chi connectivity index (χ2v) is 20.2. The summed E-state index contributed by atoms with van der Waals surface area (Å²) in [7, 11) is 0. The molecule has 1 nitrogen and oxygen atoms in total. The van der Waals surface area contributed by atoms with Crippen molar-refractivity contribution >= 4 is 24.7 Å². The van der Waals surface area contributed by atoms with Gasteiger partial charge in [-0.25, -0.2) is 0 Å². The fraction of sp³-hybridized carbons (Fsp3) is 0.364. The molecule has 0 fully saturated rings. The van der Waals surface area contributed by atoms with E-state index in [1.165, 1.54) is 10.0 Å². The minimum absolute atomic E-state index is 0.646. The summed E-state index contributed by atoms with van der Waals surface area (Å²) >= 11 is -1.70. The molecule has 1 aromatic carbocycles. The number of rotatable bonds is 3. The van der Waals surface area contributed by atoms with Gasteiger partial charge < -0.3 is 0 Å². The van der Waals surface area contributed by atoms with Gasteiger partial charge in [0.1, 0.15) is 0 Å². The van der Waals surface area contributed by atoms with Crippen LogP contribution in [0.4, 0.5) is 0 Å². The van der Waals surface area contributed by atoms with Crippen LogP contribution in [0.3, 0.4) is 0 Å². The minimum atomic E-state index is -1.70. The molecule has 0 unspecified atom stereocenters. The standard InChI is InChI=1S/C8H6O.3CH3.Sn/c1-7-2-4-8(6-9)5-3-7;;;;/h2-5H,1H2;3*1H3;. The SMILES string of the molecule is [CH3][Sn]([CH3])([CH3])[CH2]c1ccc([C]=O)cc1. The number of benzene rings is 1. The van der Waals surface area contributed by atoms with Crippen LogP contribution in [0.15, 0.2) is 24.3 Å². The molecular formula is C11H15OSn. The fourth-order valence-electron chi connectivity index (χ4n) is 1.30. The molecule has 0 bridgehead atoms. The molecule has 0 amide bonds. The molecule has 1 radical (unpaired) electrons. The van der Waals surface area contributed by atoms with Gasteiger partial charge in [0, 0.05) is 0 Å². The molecule has 0 spiro atoms. The van der Waals surface area contributed by atoms with E-state index in [4.69, 9.17) is 0 Å². The first-order valence-electron chi connectivity index (χ1n) is 4.48. The maximum atomic E-state index is 10.3. The molecule has 0 aliphatic carbocycles. The zero-order valence-corrected chi connectivity index (χ0v) is 11.3. The molecule has 1 aromatic rings. The van der Waals surface area contributed by atoms with Crippen molar-refractivity contribution in [2.45, 2.75) is 19.3 Å². The molecule has 2 heteroatoms. The second kappa shape index (κ2) is 4.27. The number of carbonyl (C=O) groups excluding carboxylic acids is 1. The third kappa shape index (κ3) is 3.94. The van der Waals surface area contributed by atoms with Crippen molar-refractivity contribution in [3.63, 3.8) is 0 Å². The number of hydrogen-bond acceptors (Lipinski definition) is 1. The first-order valence-corrected chi connectivity index (χ1v) is 15.1. The van der Waals surface area contributed by atoms with E-state index >= 15 is 0 Å². The van der Waals surface area contributed by atoms with Crippen molar-refractivity contribution in [2.75, 3.05) is 0 Å². The van der Waals surface area contributed by atoms with Crippen molar-refractivity contribution < 1.29 is 4.79 Å². The molecule has 0 aromatic heterocycles. The molecule has 69 valence electrons. The molecule has 0 heterocycles. The average Bonchev–Trinajstić information content (AvgIpc) is 2.03. The number of hydrogen-bond donors (Lipinski definition) is 0. The van der Waals surface area contributed by atoms with Gasteiger partial charge in [-0.15, -0.1) is 0 Å². The molecular weight excluding hydrogens is 267 g/mol. The zero-order chi connectivity index (χ0) is 9.90. The van der Waals surface area contributed by atoms with Crippen LogP contribution < -0.4 is 0 Å². The Balaban J connectivity index is 2.75. The Labute approximate surface area is 84.0 Å². The molecule has 1 rings (SSSR count). The predicted octanol–water partition coefficient (Wildman–Crippen LogP) is 2.56. The maximum absolute atomic E-state index is 10.3. The van der Waals surface area contributed by atoms with E-state index in [9.17, 15) is 4.79 Å². The first kappa shape index (κ1) is 10.8. The monoisotopic (exact) mass is 283 g/mol. The van der Waals surface area contributed by atoms with Crippen LogP contribution in [0.25, 0.3) is 0 Å². The van der Waals surface area contributed by atoms with E-state index in [0.717, 1.165) is 0 Å². The Hall–Kier alpha value is -0.311. The van der Waals surface area contributed by atoms with Gasteiger partial charge in [-0.3, -0.25) is 0 Å². The summed E-state index contributed by atoms with van der Waals surface area (Å²) < 4.78 is 1.24. The second-order valence-electron chi connectivity index (χ2n) is 4.54. The van der Waals surface area contributed by atoms with Crippen LogP contribution in [0.2, 0.25) is 14.8 Å². The van der Waals surface area contributed by atoms with Crippen molar-refractivity contribution in [2.24, 2.45) is 0 Å². The fourth-order valence-corrected chi connectivity index (χ4v) is 5.47. The third-order valence-electron chi connectivity index (χ3n) is 1.81. The van der Waals surface area contributed by atoms with Gasteiger partial charge in [0.2, 0.25) is 0 Å². The van der Waals surface area contributed by atoms with Crippen LogP contribution in [-0.4, -0.2) is 24.7 Å². The Morgan fingerprint density at radius 1 is 1.15 bits per heavy atom.